The van der Waals surface area contributed by atoms with Crippen LogP contribution in [0.15, 0.2) is 67.3 Å². The molecule has 43 heavy (non-hydrogen) atoms. The number of carbonyl (C=O) groups excluding carboxylic acids is 2. The van der Waals surface area contributed by atoms with E-state index in [0.29, 0.717) is 23.8 Å². The molecule has 2 saturated heterocycles. The number of urea groups is 1. The first-order chi connectivity index (χ1) is 21.0. The molecule has 4 heterocycles. The van der Waals surface area contributed by atoms with E-state index in [1.165, 1.54) is 12.1 Å². The Labute approximate surface area is 253 Å². The van der Waals surface area contributed by atoms with Crippen LogP contribution in [0.1, 0.15) is 64.6 Å². The van der Waals surface area contributed by atoms with Gasteiger partial charge in [-0.2, -0.15) is 11.8 Å². The van der Waals surface area contributed by atoms with Gasteiger partial charge in [0, 0.05) is 47.6 Å². The normalized spacial score (nSPS) is 19.9. The van der Waals surface area contributed by atoms with Gasteiger partial charge in [0.2, 0.25) is 0 Å². The molecular formula is C31H35FN8O2S. The molecule has 4 N–H and O–H groups in total. The molecule has 224 valence electrons. The fourth-order valence-corrected chi connectivity index (χ4v) is 7.39. The summed E-state index contributed by atoms with van der Waals surface area (Å²) in [6, 6.07) is 13.9. The van der Waals surface area contributed by atoms with Gasteiger partial charge >= 0.3 is 6.03 Å². The van der Waals surface area contributed by atoms with Gasteiger partial charge in [-0.3, -0.25) is 4.79 Å². The first-order valence-electron chi connectivity index (χ1n) is 14.7. The second-order valence-electron chi connectivity index (χ2n) is 11.1. The molecule has 10 nitrogen and oxygen atoms in total. The number of aromatic amines is 1. The quantitative estimate of drug-likeness (QED) is 0.135. The number of aryl methyl sites for hydroxylation is 1. The molecular weight excluding hydrogens is 567 g/mol. The number of H-pyrrole nitrogens is 1. The van der Waals surface area contributed by atoms with Gasteiger partial charge in [0.25, 0.3) is 5.91 Å². The molecule has 2 aromatic carbocycles. The molecule has 0 bridgehead atoms. The van der Waals surface area contributed by atoms with Crippen molar-refractivity contribution in [1.82, 2.24) is 40.9 Å². The summed E-state index contributed by atoms with van der Waals surface area (Å²) < 4.78 is 16.0. The van der Waals surface area contributed by atoms with Crippen molar-refractivity contribution in [2.75, 3.05) is 12.3 Å². The smallest absolute Gasteiger partial charge is 0.315 e. The number of amides is 3. The summed E-state index contributed by atoms with van der Waals surface area (Å²) in [7, 11) is 0. The van der Waals surface area contributed by atoms with E-state index in [4.69, 9.17) is 0 Å². The summed E-state index contributed by atoms with van der Waals surface area (Å²) in [4.78, 5) is 31.3. The number of unbranched alkanes of at least 4 members (excludes halogenated alkanes) is 2. The Morgan fingerprint density at radius 1 is 1.09 bits per heavy atom. The maximum absolute atomic E-state index is 14.3. The average Bonchev–Trinajstić information content (AvgIpc) is 3.81. The molecule has 4 atom stereocenters. The molecule has 12 heteroatoms. The summed E-state index contributed by atoms with van der Waals surface area (Å²) in [5.74, 6) is 0.495. The maximum atomic E-state index is 14.3. The Morgan fingerprint density at radius 2 is 1.98 bits per heavy atom. The lowest BCUT2D eigenvalue weighted by Gasteiger charge is -2.18. The highest BCUT2D eigenvalue weighted by Crippen LogP contribution is 2.33. The summed E-state index contributed by atoms with van der Waals surface area (Å²) in [6.45, 7) is 0.493. The minimum Gasteiger partial charge on any atom is -0.352 e. The number of thioether (sulfide) groups is 1. The lowest BCUT2D eigenvalue weighted by atomic mass is 9.97. The highest BCUT2D eigenvalue weighted by Gasteiger charge is 2.42. The van der Waals surface area contributed by atoms with E-state index in [2.05, 4.69) is 36.2 Å². The van der Waals surface area contributed by atoms with Crippen LogP contribution >= 0.6 is 11.8 Å². The molecule has 1 unspecified atom stereocenters. The van der Waals surface area contributed by atoms with Crippen LogP contribution in [0.2, 0.25) is 0 Å². The number of benzene rings is 2. The fraction of sp³-hybridized carbons (Fsp3) is 0.387. The van der Waals surface area contributed by atoms with Crippen molar-refractivity contribution in [3.05, 3.63) is 101 Å². The maximum Gasteiger partial charge on any atom is 0.315 e. The molecule has 2 aliphatic rings. The Balaban J connectivity index is 1.06. The molecule has 0 saturated carbocycles. The van der Waals surface area contributed by atoms with Gasteiger partial charge in [-0.15, -0.1) is 5.10 Å². The molecule has 2 aliphatic heterocycles. The molecule has 0 aliphatic carbocycles. The van der Waals surface area contributed by atoms with E-state index >= 15 is 0 Å². The largest absolute Gasteiger partial charge is 0.352 e. The lowest BCUT2D eigenvalue weighted by Crippen LogP contribution is -2.36. The zero-order valence-corrected chi connectivity index (χ0v) is 24.5. The third-order valence-corrected chi connectivity index (χ3v) is 9.58. The standard InChI is InChI=1S/C31H35FN8O2S/c32-23-6-4-5-22(15-23)29(20-9-11-21(12-10-20)30(41)34-14-13-24-16-33-19-35-24)40-17-25(38-39-40)7-2-1-3-8-27-28-26(18-43-27)36-31(42)37-28/h4-6,9-12,15-17,19,26-29H,1-3,7-8,13-14,18H2,(H,33,35)(H,34,41)(H2,36,37,42)/t26-,27-,28-,29?/m0/s1. The predicted octanol–water partition coefficient (Wildman–Crippen LogP) is 4.02. The summed E-state index contributed by atoms with van der Waals surface area (Å²) in [5.41, 5.74) is 4.01. The van der Waals surface area contributed by atoms with Crippen molar-refractivity contribution >= 4 is 23.7 Å². The van der Waals surface area contributed by atoms with Crippen LogP contribution in [-0.2, 0) is 12.8 Å². The SMILES string of the molecule is O=C1N[C@H]2[C@H](CS[C@H]2CCCCCc2cn(C(c3ccc(C(=O)NCCc4cnc[nH]4)cc3)c3cccc(F)c3)nn2)N1. The number of carbonyl (C=O) groups is 2. The van der Waals surface area contributed by atoms with E-state index < -0.39 is 6.04 Å². The number of nitrogens with one attached hydrogen (secondary N) is 4. The van der Waals surface area contributed by atoms with Gasteiger partial charge in [0.1, 0.15) is 11.9 Å². The van der Waals surface area contributed by atoms with Crippen molar-refractivity contribution in [3.8, 4) is 0 Å². The molecule has 2 aromatic heterocycles. The lowest BCUT2D eigenvalue weighted by molar-refractivity contribution is 0.0954. The minimum atomic E-state index is -0.392. The number of halogens is 1. The van der Waals surface area contributed by atoms with Crippen molar-refractivity contribution in [2.45, 2.75) is 61.9 Å². The molecule has 0 radical (unpaired) electrons. The van der Waals surface area contributed by atoms with Crippen molar-refractivity contribution in [2.24, 2.45) is 0 Å². The number of imidazole rings is 1. The van der Waals surface area contributed by atoms with E-state index in [9.17, 15) is 14.0 Å². The number of fused-ring (bicyclic) bond motifs is 1. The number of hydrogen-bond donors (Lipinski definition) is 4. The van der Waals surface area contributed by atoms with E-state index in [-0.39, 0.29) is 29.8 Å². The number of hydrogen-bond acceptors (Lipinski definition) is 6. The molecule has 3 amide bonds. The second-order valence-corrected chi connectivity index (χ2v) is 12.3. The summed E-state index contributed by atoms with van der Waals surface area (Å²) >= 11 is 1.94. The topological polar surface area (TPSA) is 130 Å². The van der Waals surface area contributed by atoms with E-state index in [1.54, 1.807) is 35.4 Å². The second kappa shape index (κ2) is 13.4. The van der Waals surface area contributed by atoms with Crippen LogP contribution in [0.25, 0.3) is 0 Å². The Bertz CT molecular complexity index is 1530. The molecule has 4 aromatic rings. The summed E-state index contributed by atoms with van der Waals surface area (Å²) in [6.07, 6.45) is 11.0. The van der Waals surface area contributed by atoms with Gasteiger partial charge in [-0.25, -0.2) is 18.9 Å². The number of rotatable bonds is 13. The van der Waals surface area contributed by atoms with Gasteiger partial charge in [0.15, 0.2) is 0 Å². The van der Waals surface area contributed by atoms with E-state index in [0.717, 1.165) is 60.4 Å². The Morgan fingerprint density at radius 3 is 2.79 bits per heavy atom. The third kappa shape index (κ3) is 7.07. The fourth-order valence-electron chi connectivity index (χ4n) is 5.85. The van der Waals surface area contributed by atoms with Crippen LogP contribution < -0.4 is 16.0 Å². The average molecular weight is 603 g/mol. The first-order valence-corrected chi connectivity index (χ1v) is 15.8. The van der Waals surface area contributed by atoms with Crippen LogP contribution in [0.5, 0.6) is 0 Å². The highest BCUT2D eigenvalue weighted by atomic mass is 32.2. The zero-order valence-electron chi connectivity index (χ0n) is 23.7. The van der Waals surface area contributed by atoms with E-state index in [1.807, 2.05) is 36.2 Å². The van der Waals surface area contributed by atoms with Gasteiger partial charge in [-0.1, -0.05) is 42.3 Å². The number of nitrogens with zero attached hydrogens (tertiary/aromatic N) is 4. The first kappa shape index (κ1) is 28.9. The third-order valence-electron chi connectivity index (χ3n) is 8.07. The van der Waals surface area contributed by atoms with Crippen molar-refractivity contribution in [3.63, 3.8) is 0 Å². The van der Waals surface area contributed by atoms with Crippen LogP contribution in [-0.4, -0.2) is 66.5 Å². The summed E-state index contributed by atoms with van der Waals surface area (Å²) in [5, 5.41) is 18.3. The van der Waals surface area contributed by atoms with Crippen molar-refractivity contribution in [1.29, 1.82) is 0 Å². The number of aromatic nitrogens is 5. The van der Waals surface area contributed by atoms with Gasteiger partial charge in [0.05, 0.1) is 24.1 Å². The molecule has 6 rings (SSSR count). The Kier molecular flexibility index (Phi) is 9.01. The Hall–Kier alpha value is -4.19. The van der Waals surface area contributed by atoms with Crippen molar-refractivity contribution < 1.29 is 14.0 Å². The monoisotopic (exact) mass is 602 g/mol. The van der Waals surface area contributed by atoms with Crippen LogP contribution in [0.4, 0.5) is 9.18 Å². The molecule has 2 fully saturated rings. The van der Waals surface area contributed by atoms with Crippen LogP contribution in [0, 0.1) is 5.82 Å². The highest BCUT2D eigenvalue weighted by molar-refractivity contribution is 8.00. The van der Waals surface area contributed by atoms with Gasteiger partial charge < -0.3 is 20.9 Å². The zero-order chi connectivity index (χ0) is 29.6. The van der Waals surface area contributed by atoms with Gasteiger partial charge in [-0.05, 0) is 54.7 Å². The predicted molar refractivity (Wildman–Crippen MR) is 162 cm³/mol. The van der Waals surface area contributed by atoms with Crippen LogP contribution in [0.3, 0.4) is 0 Å². The molecule has 0 spiro atoms. The minimum absolute atomic E-state index is 0.0430.